The van der Waals surface area contributed by atoms with Crippen molar-refractivity contribution in [1.29, 1.82) is 0 Å². The Balaban J connectivity index is 2.44. The fraction of sp³-hybridized carbons (Fsp3) is 0.600. The van der Waals surface area contributed by atoms with E-state index in [0.717, 1.165) is 17.3 Å². The largest absolute Gasteiger partial charge is 0.313 e. The molecule has 0 heterocycles. The molecular formula is C15H24ClNS. The fourth-order valence-corrected chi connectivity index (χ4v) is 3.42. The molecule has 0 radical (unpaired) electrons. The lowest BCUT2D eigenvalue weighted by atomic mass is 10.1. The third-order valence-electron chi connectivity index (χ3n) is 3.12. The van der Waals surface area contributed by atoms with Crippen LogP contribution in [0.4, 0.5) is 0 Å². The molecule has 0 saturated carbocycles. The summed E-state index contributed by atoms with van der Waals surface area (Å²) in [4.78, 5) is 0. The number of rotatable bonds is 8. The Morgan fingerprint density at radius 2 is 2.00 bits per heavy atom. The lowest BCUT2D eigenvalue weighted by molar-refractivity contribution is 0.493. The van der Waals surface area contributed by atoms with Gasteiger partial charge in [-0.15, -0.1) is 0 Å². The molecule has 1 N–H and O–H groups in total. The highest BCUT2D eigenvalue weighted by atomic mass is 35.5. The van der Waals surface area contributed by atoms with Gasteiger partial charge in [0.1, 0.15) is 0 Å². The highest BCUT2D eigenvalue weighted by Crippen LogP contribution is 2.25. The van der Waals surface area contributed by atoms with Crippen molar-refractivity contribution in [2.45, 2.75) is 50.7 Å². The summed E-state index contributed by atoms with van der Waals surface area (Å²) in [6.07, 6.45) is 2.37. The Morgan fingerprint density at radius 3 is 2.61 bits per heavy atom. The maximum atomic E-state index is 6.18. The summed E-state index contributed by atoms with van der Waals surface area (Å²) in [6, 6.07) is 8.71. The van der Waals surface area contributed by atoms with Crippen LogP contribution in [-0.2, 0) is 5.75 Å². The van der Waals surface area contributed by atoms with Gasteiger partial charge in [0.15, 0.2) is 0 Å². The quantitative estimate of drug-likeness (QED) is 0.740. The van der Waals surface area contributed by atoms with Gasteiger partial charge in [0.25, 0.3) is 0 Å². The van der Waals surface area contributed by atoms with E-state index in [9.17, 15) is 0 Å². The molecule has 102 valence electrons. The zero-order valence-electron chi connectivity index (χ0n) is 11.6. The molecular weight excluding hydrogens is 262 g/mol. The Hall–Kier alpha value is -0.180. The van der Waals surface area contributed by atoms with E-state index >= 15 is 0 Å². The Morgan fingerprint density at radius 1 is 1.28 bits per heavy atom. The SMILES string of the molecule is CCCNC(CC)C(C)SCc1ccccc1Cl. The van der Waals surface area contributed by atoms with E-state index in [2.05, 4.69) is 38.2 Å². The maximum Gasteiger partial charge on any atom is 0.0446 e. The van der Waals surface area contributed by atoms with Crippen molar-refractivity contribution in [2.24, 2.45) is 0 Å². The molecule has 0 aliphatic heterocycles. The number of benzene rings is 1. The van der Waals surface area contributed by atoms with Crippen LogP contribution in [0.3, 0.4) is 0 Å². The molecule has 1 aromatic carbocycles. The van der Waals surface area contributed by atoms with Crippen molar-refractivity contribution >= 4 is 23.4 Å². The molecule has 1 aromatic rings. The van der Waals surface area contributed by atoms with Crippen LogP contribution < -0.4 is 5.32 Å². The van der Waals surface area contributed by atoms with Crippen LogP contribution in [0.5, 0.6) is 0 Å². The van der Waals surface area contributed by atoms with Crippen LogP contribution in [0.15, 0.2) is 24.3 Å². The molecule has 0 saturated heterocycles. The second-order valence-corrected chi connectivity index (χ2v) is 6.35. The number of thioether (sulfide) groups is 1. The van der Waals surface area contributed by atoms with Crippen LogP contribution in [0.2, 0.25) is 5.02 Å². The van der Waals surface area contributed by atoms with Crippen molar-refractivity contribution in [3.05, 3.63) is 34.9 Å². The molecule has 0 bridgehead atoms. The standard InChI is InChI=1S/C15H24ClNS/c1-4-10-17-15(5-2)12(3)18-11-13-8-6-7-9-14(13)16/h6-9,12,15,17H,4-5,10-11H2,1-3H3. The molecule has 2 unspecified atom stereocenters. The second-order valence-electron chi connectivity index (χ2n) is 4.58. The minimum Gasteiger partial charge on any atom is -0.313 e. The van der Waals surface area contributed by atoms with Gasteiger partial charge in [-0.2, -0.15) is 11.8 Å². The first-order valence-electron chi connectivity index (χ1n) is 6.77. The summed E-state index contributed by atoms with van der Waals surface area (Å²) in [5, 5.41) is 5.11. The van der Waals surface area contributed by atoms with E-state index in [1.807, 2.05) is 23.9 Å². The molecule has 0 aromatic heterocycles. The Labute approximate surface area is 121 Å². The average molecular weight is 286 g/mol. The maximum absolute atomic E-state index is 6.18. The van der Waals surface area contributed by atoms with Gasteiger partial charge < -0.3 is 5.32 Å². The first kappa shape index (κ1) is 15.9. The average Bonchev–Trinajstić information content (AvgIpc) is 2.38. The summed E-state index contributed by atoms with van der Waals surface area (Å²) in [6.45, 7) is 7.87. The van der Waals surface area contributed by atoms with Crippen LogP contribution in [0.25, 0.3) is 0 Å². The van der Waals surface area contributed by atoms with E-state index in [1.54, 1.807) is 0 Å². The molecule has 0 spiro atoms. The number of hydrogen-bond acceptors (Lipinski definition) is 2. The summed E-state index contributed by atoms with van der Waals surface area (Å²) < 4.78 is 0. The number of hydrogen-bond donors (Lipinski definition) is 1. The first-order chi connectivity index (χ1) is 8.69. The van der Waals surface area contributed by atoms with Gasteiger partial charge in [0.2, 0.25) is 0 Å². The molecule has 0 fully saturated rings. The lowest BCUT2D eigenvalue weighted by Crippen LogP contribution is -2.36. The highest BCUT2D eigenvalue weighted by molar-refractivity contribution is 7.99. The molecule has 0 amide bonds. The van der Waals surface area contributed by atoms with Gasteiger partial charge in [-0.3, -0.25) is 0 Å². The number of halogens is 1. The fourth-order valence-electron chi connectivity index (χ4n) is 1.92. The van der Waals surface area contributed by atoms with Gasteiger partial charge in [-0.1, -0.05) is 50.6 Å². The number of nitrogens with one attached hydrogen (secondary N) is 1. The molecule has 1 nitrogen and oxygen atoms in total. The van der Waals surface area contributed by atoms with Crippen molar-refractivity contribution in [3.63, 3.8) is 0 Å². The van der Waals surface area contributed by atoms with Crippen molar-refractivity contribution in [3.8, 4) is 0 Å². The van der Waals surface area contributed by atoms with Gasteiger partial charge in [0, 0.05) is 22.1 Å². The lowest BCUT2D eigenvalue weighted by Gasteiger charge is -2.23. The minimum absolute atomic E-state index is 0.595. The van der Waals surface area contributed by atoms with Crippen LogP contribution in [0.1, 0.15) is 39.2 Å². The first-order valence-corrected chi connectivity index (χ1v) is 8.20. The minimum atomic E-state index is 0.595. The van der Waals surface area contributed by atoms with Gasteiger partial charge in [-0.25, -0.2) is 0 Å². The van der Waals surface area contributed by atoms with E-state index in [0.29, 0.717) is 11.3 Å². The molecule has 18 heavy (non-hydrogen) atoms. The van der Waals surface area contributed by atoms with E-state index in [1.165, 1.54) is 18.4 Å². The van der Waals surface area contributed by atoms with Gasteiger partial charge in [-0.05, 0) is 31.0 Å². The van der Waals surface area contributed by atoms with E-state index < -0.39 is 0 Å². The molecule has 2 atom stereocenters. The van der Waals surface area contributed by atoms with Gasteiger partial charge in [0.05, 0.1) is 0 Å². The monoisotopic (exact) mass is 285 g/mol. The van der Waals surface area contributed by atoms with Crippen molar-refractivity contribution in [2.75, 3.05) is 6.54 Å². The second kappa shape index (κ2) is 8.84. The predicted octanol–water partition coefficient (Wildman–Crippen LogP) is 4.74. The normalized spacial score (nSPS) is 14.4. The zero-order chi connectivity index (χ0) is 13.4. The highest BCUT2D eigenvalue weighted by Gasteiger charge is 2.15. The smallest absolute Gasteiger partial charge is 0.0446 e. The van der Waals surface area contributed by atoms with E-state index in [4.69, 9.17) is 11.6 Å². The predicted molar refractivity (Wildman–Crippen MR) is 84.6 cm³/mol. The summed E-state index contributed by atoms with van der Waals surface area (Å²) in [7, 11) is 0. The van der Waals surface area contributed by atoms with Crippen molar-refractivity contribution in [1.82, 2.24) is 5.32 Å². The molecule has 3 heteroatoms. The van der Waals surface area contributed by atoms with Crippen LogP contribution >= 0.6 is 23.4 Å². The third-order valence-corrected chi connectivity index (χ3v) is 4.82. The zero-order valence-corrected chi connectivity index (χ0v) is 13.2. The molecule has 0 aliphatic rings. The topological polar surface area (TPSA) is 12.0 Å². The molecule has 1 rings (SSSR count). The van der Waals surface area contributed by atoms with Crippen molar-refractivity contribution < 1.29 is 0 Å². The Bertz CT molecular complexity index is 343. The third kappa shape index (κ3) is 5.21. The summed E-state index contributed by atoms with van der Waals surface area (Å²) in [5.41, 5.74) is 1.24. The molecule has 0 aliphatic carbocycles. The van der Waals surface area contributed by atoms with Crippen LogP contribution in [0, 0.1) is 0 Å². The van der Waals surface area contributed by atoms with Crippen LogP contribution in [-0.4, -0.2) is 17.8 Å². The van der Waals surface area contributed by atoms with E-state index in [-0.39, 0.29) is 0 Å². The Kier molecular flexibility index (Phi) is 7.80. The summed E-state index contributed by atoms with van der Waals surface area (Å²) >= 11 is 8.16. The van der Waals surface area contributed by atoms with Gasteiger partial charge >= 0.3 is 0 Å². The summed E-state index contributed by atoms with van der Waals surface area (Å²) in [5.74, 6) is 0.991.